The number of rotatable bonds is 2. The summed E-state index contributed by atoms with van der Waals surface area (Å²) in [5.41, 5.74) is -0.0596. The fourth-order valence-corrected chi connectivity index (χ4v) is 1.68. The predicted molar refractivity (Wildman–Crippen MR) is 99.6 cm³/mol. The average Bonchev–Trinajstić information content (AvgIpc) is 2.58. The molecule has 2 aromatic carbocycles. The van der Waals surface area contributed by atoms with Gasteiger partial charge in [0, 0.05) is 21.4 Å². The molecule has 6 N–H and O–H groups in total. The van der Waals surface area contributed by atoms with Gasteiger partial charge in [0.25, 0.3) is 0 Å². The molecule has 148 valence electrons. The first-order valence-electron chi connectivity index (χ1n) is 6.15. The van der Waals surface area contributed by atoms with Crippen LogP contribution in [0.1, 0.15) is 20.7 Å². The normalized spacial score (nSPS) is 8.74. The van der Waals surface area contributed by atoms with Gasteiger partial charge in [0.2, 0.25) is 0 Å². The number of benzene rings is 2. The molecule has 0 saturated heterocycles. The van der Waals surface area contributed by atoms with Gasteiger partial charge in [-0.1, -0.05) is 0 Å². The van der Waals surface area contributed by atoms with Crippen LogP contribution in [0.4, 0.5) is 0 Å². The van der Waals surface area contributed by atoms with Crippen LogP contribution >= 0.6 is 9.19 Å². The third-order valence-electron chi connectivity index (χ3n) is 2.61. The average molecular weight is 632 g/mol. The van der Waals surface area contributed by atoms with Crippen molar-refractivity contribution in [3.63, 3.8) is 0 Å². The van der Waals surface area contributed by atoms with Crippen molar-refractivity contribution in [2.75, 3.05) is 0 Å². The third-order valence-corrected chi connectivity index (χ3v) is 3.08. The minimum atomic E-state index is -0.708. The van der Waals surface area contributed by atoms with E-state index in [1.165, 1.54) is 21.1 Å². The zero-order valence-electron chi connectivity index (χ0n) is 12.8. The number of carbonyl (C=O) groups excluding carboxylic acids is 2. The molecule has 2 aromatic rings. The molecular weight excluding hydrogens is 622 g/mol. The third kappa shape index (κ3) is 8.56. The van der Waals surface area contributed by atoms with Crippen LogP contribution in [0.5, 0.6) is 34.5 Å². The number of phenolic OH excluding ortho intramolecular Hbond substituents is 6. The molecule has 0 saturated carbocycles. The number of aromatic hydroxyl groups is 6. The van der Waals surface area contributed by atoms with Gasteiger partial charge in [-0.2, -0.15) is 0 Å². The Labute approximate surface area is 196 Å². The van der Waals surface area contributed by atoms with E-state index in [0.29, 0.717) is 0 Å². The molecule has 27 heavy (non-hydrogen) atoms. The molecule has 0 unspecified atom stereocenters. The Morgan fingerprint density at radius 1 is 0.667 bits per heavy atom. The van der Waals surface area contributed by atoms with E-state index < -0.39 is 44.7 Å². The molecule has 2 radical (unpaired) electrons. The number of carbonyl (C=O) groups is 2. The second kappa shape index (κ2) is 13.1. The Morgan fingerprint density at radius 2 is 0.852 bits per heavy atom. The molecule has 0 amide bonds. The van der Waals surface area contributed by atoms with Gasteiger partial charge >= 0.3 is 52.6 Å². The second-order valence-corrected chi connectivity index (χ2v) is 5.04. The van der Waals surface area contributed by atoms with E-state index >= 15 is 0 Å². The van der Waals surface area contributed by atoms with Crippen LogP contribution in [0.2, 0.25) is 0 Å². The first-order chi connectivity index (χ1) is 12.0. The number of phenols is 6. The van der Waals surface area contributed by atoms with Crippen LogP contribution in [0.15, 0.2) is 24.3 Å². The second-order valence-electron chi connectivity index (χ2n) is 4.30. The van der Waals surface area contributed by atoms with Gasteiger partial charge in [-0.25, -0.2) is 0 Å². The zero-order valence-corrected chi connectivity index (χ0v) is 19.3. The molecule has 0 fully saturated rings. The van der Waals surface area contributed by atoms with Crippen molar-refractivity contribution in [3.8, 4) is 34.5 Å². The van der Waals surface area contributed by atoms with E-state index in [4.69, 9.17) is 30.6 Å². The van der Waals surface area contributed by atoms with E-state index in [-0.39, 0.29) is 33.5 Å². The first kappa shape index (κ1) is 28.0. The van der Waals surface area contributed by atoms with Crippen LogP contribution in [0.25, 0.3) is 0 Å². The topological polar surface area (TPSA) is 156 Å². The van der Waals surface area contributed by atoms with Crippen molar-refractivity contribution in [3.05, 3.63) is 35.4 Å². The molecule has 0 aromatic heterocycles. The maximum absolute atomic E-state index is 10.6. The first-order valence-corrected chi connectivity index (χ1v) is 10.5. The van der Waals surface area contributed by atoms with Gasteiger partial charge in [-0.05, 0) is 24.3 Å². The molecule has 2 rings (SSSR count). The molecule has 0 aliphatic heterocycles. The van der Waals surface area contributed by atoms with E-state index in [1.807, 2.05) is 0 Å². The fourth-order valence-electron chi connectivity index (χ4n) is 1.44. The summed E-state index contributed by atoms with van der Waals surface area (Å²) < 4.78 is 0. The van der Waals surface area contributed by atoms with Crippen LogP contribution in [0, 0.1) is 0 Å². The van der Waals surface area contributed by atoms with Gasteiger partial charge in [0.05, 0.1) is 0 Å². The van der Waals surface area contributed by atoms with Crippen molar-refractivity contribution in [1.29, 1.82) is 0 Å². The predicted octanol–water partition coefficient (Wildman–Crippen LogP) is 1.25. The van der Waals surface area contributed by atoms with Crippen molar-refractivity contribution in [2.45, 2.75) is 0 Å². The fraction of sp³-hybridized carbons (Fsp3) is 0. The Morgan fingerprint density at radius 3 is 1.00 bits per heavy atom. The summed E-state index contributed by atoms with van der Waals surface area (Å²) in [6.07, 6.45) is 0. The quantitative estimate of drug-likeness (QED) is 0.161. The molecule has 0 heterocycles. The Balaban J connectivity index is 0. The van der Waals surface area contributed by atoms with Crippen molar-refractivity contribution in [1.82, 2.24) is 0 Å². The standard InChI is InChI=1S/2C7H6O4S.Ag.S.Sb/c2*8-4-1-3(7(11)12)2-5(9)6(4)10;;;/h2*1-2,8-10H,(H,11,12);;;/q;;+1;;+1/p-2. The Kier molecular flexibility index (Phi) is 13.5. The summed E-state index contributed by atoms with van der Waals surface area (Å²) in [4.78, 5) is 21.1. The maximum atomic E-state index is 10.6. The van der Waals surface area contributed by atoms with Gasteiger partial charge < -0.3 is 65.5 Å². The van der Waals surface area contributed by atoms with E-state index in [9.17, 15) is 9.59 Å². The van der Waals surface area contributed by atoms with E-state index in [2.05, 4.69) is 34.4 Å². The van der Waals surface area contributed by atoms with Crippen LogP contribution in [-0.2, 0) is 47.6 Å². The molecule has 13 heteroatoms. The number of hydrogen-bond acceptors (Lipinski definition) is 11. The minimum absolute atomic E-state index is 0. The van der Waals surface area contributed by atoms with Gasteiger partial charge in [0.15, 0.2) is 34.5 Å². The summed E-state index contributed by atoms with van der Waals surface area (Å²) in [6.45, 7) is 0. The van der Waals surface area contributed by atoms with Crippen LogP contribution in [-0.4, -0.2) is 61.9 Å². The SMILES string of the molecule is O=C([S-])c1cc(O)c(O)c(O)c1.O=C([S-])c1cc(O)c(O)c(O)c1.[Ag+].[S]=[Sb+]. The van der Waals surface area contributed by atoms with Gasteiger partial charge in [-0.15, -0.1) is 0 Å². The summed E-state index contributed by atoms with van der Waals surface area (Å²) in [5, 5.41) is 52.0. The van der Waals surface area contributed by atoms with Crippen molar-refractivity contribution >= 4 is 65.7 Å². The molecule has 0 aliphatic rings. The monoisotopic (exact) mass is 630 g/mol. The van der Waals surface area contributed by atoms with Crippen LogP contribution in [0.3, 0.4) is 0 Å². The molecule has 0 atom stereocenters. The van der Waals surface area contributed by atoms with Crippen molar-refractivity contribution in [2.24, 2.45) is 0 Å². The summed E-state index contributed by atoms with van der Waals surface area (Å²) in [7, 11) is 4.13. The van der Waals surface area contributed by atoms with E-state index in [1.54, 1.807) is 0 Å². The summed E-state index contributed by atoms with van der Waals surface area (Å²) >= 11 is 9.86. The Hall–Kier alpha value is -1.20. The molecular formula is C14H10AgO8S3Sb. The molecule has 0 spiro atoms. The van der Waals surface area contributed by atoms with E-state index in [0.717, 1.165) is 24.3 Å². The molecule has 0 aliphatic carbocycles. The molecule has 0 bridgehead atoms. The van der Waals surface area contributed by atoms with Gasteiger partial charge in [0.1, 0.15) is 0 Å². The zero-order chi connectivity index (χ0) is 20.6. The molecule has 8 nitrogen and oxygen atoms in total. The summed E-state index contributed by atoms with van der Waals surface area (Å²) in [5.74, 6) is -3.58. The van der Waals surface area contributed by atoms with Gasteiger partial charge in [-0.3, -0.25) is 0 Å². The van der Waals surface area contributed by atoms with Crippen LogP contribution < -0.4 is 0 Å². The summed E-state index contributed by atoms with van der Waals surface area (Å²) in [6, 6.07) is 3.96. The number of hydrogen-bond donors (Lipinski definition) is 6. The van der Waals surface area contributed by atoms with Crippen molar-refractivity contribution < 1.29 is 62.6 Å². The Bertz CT molecular complexity index is 720.